The molecule has 0 aliphatic heterocycles. The molecular weight excluding hydrogens is 222 g/mol. The number of amides is 1. The normalized spacial score (nSPS) is 18.6. The predicted molar refractivity (Wildman–Crippen MR) is 74.7 cm³/mol. The third-order valence-electron chi connectivity index (χ3n) is 3.92. The summed E-state index contributed by atoms with van der Waals surface area (Å²) >= 11 is 0. The van der Waals surface area contributed by atoms with Crippen LogP contribution in [-0.2, 0) is 17.6 Å². The number of rotatable bonds is 2. The Balaban J connectivity index is 2.18. The Bertz CT molecular complexity index is 448. The van der Waals surface area contributed by atoms with Gasteiger partial charge in [0.2, 0.25) is 5.91 Å². The topological polar surface area (TPSA) is 20.3 Å². The highest BCUT2D eigenvalue weighted by atomic mass is 16.2. The van der Waals surface area contributed by atoms with E-state index in [0.717, 1.165) is 19.3 Å². The van der Waals surface area contributed by atoms with Crippen molar-refractivity contribution < 1.29 is 4.79 Å². The van der Waals surface area contributed by atoms with E-state index >= 15 is 0 Å². The molecule has 0 spiro atoms. The summed E-state index contributed by atoms with van der Waals surface area (Å²) in [6.45, 7) is 4.45. The average molecular weight is 245 g/mol. The Morgan fingerprint density at radius 1 is 1.28 bits per heavy atom. The number of carbonyl (C=O) groups is 1. The van der Waals surface area contributed by atoms with Crippen LogP contribution in [0.1, 0.15) is 42.9 Å². The van der Waals surface area contributed by atoms with Gasteiger partial charge in [0.1, 0.15) is 0 Å². The predicted octanol–water partition coefficient (Wildman–Crippen LogP) is 3.00. The maximum absolute atomic E-state index is 12.0. The van der Waals surface area contributed by atoms with Crippen LogP contribution in [0.15, 0.2) is 18.2 Å². The number of nitrogens with zero attached hydrogens (tertiary/aromatic N) is 1. The Kier molecular flexibility index (Phi) is 3.74. The van der Waals surface area contributed by atoms with Gasteiger partial charge in [-0.15, -0.1) is 0 Å². The average Bonchev–Trinajstić information content (AvgIpc) is 2.36. The van der Waals surface area contributed by atoms with E-state index in [1.165, 1.54) is 16.7 Å². The first kappa shape index (κ1) is 13.1. The van der Waals surface area contributed by atoms with Crippen molar-refractivity contribution in [3.63, 3.8) is 0 Å². The van der Waals surface area contributed by atoms with Gasteiger partial charge in [-0.05, 0) is 41.9 Å². The van der Waals surface area contributed by atoms with Crippen LogP contribution in [0.5, 0.6) is 0 Å². The minimum atomic E-state index is 0.178. The van der Waals surface area contributed by atoms with Crippen molar-refractivity contribution in [2.45, 2.75) is 39.0 Å². The van der Waals surface area contributed by atoms with Crippen LogP contribution < -0.4 is 0 Å². The molecule has 1 aliphatic rings. The molecule has 0 aromatic heterocycles. The second-order valence-corrected chi connectivity index (χ2v) is 5.86. The van der Waals surface area contributed by atoms with Crippen molar-refractivity contribution in [2.24, 2.45) is 5.92 Å². The Morgan fingerprint density at radius 3 is 2.61 bits per heavy atom. The van der Waals surface area contributed by atoms with E-state index in [-0.39, 0.29) is 11.8 Å². The highest BCUT2D eigenvalue weighted by Gasteiger charge is 2.25. The maximum Gasteiger partial charge on any atom is 0.225 e. The van der Waals surface area contributed by atoms with Crippen molar-refractivity contribution in [3.05, 3.63) is 34.9 Å². The molecule has 1 aliphatic carbocycles. The highest BCUT2D eigenvalue weighted by Crippen LogP contribution is 2.29. The summed E-state index contributed by atoms with van der Waals surface area (Å²) in [5.74, 6) is 1.03. The van der Waals surface area contributed by atoms with E-state index in [0.29, 0.717) is 5.92 Å². The van der Waals surface area contributed by atoms with Crippen molar-refractivity contribution in [1.82, 2.24) is 4.90 Å². The first-order chi connectivity index (χ1) is 8.49. The molecule has 0 saturated carbocycles. The maximum atomic E-state index is 12.0. The van der Waals surface area contributed by atoms with Crippen LogP contribution in [0.25, 0.3) is 0 Å². The molecule has 1 aromatic carbocycles. The fourth-order valence-corrected chi connectivity index (χ4v) is 2.71. The summed E-state index contributed by atoms with van der Waals surface area (Å²) in [6.07, 6.45) is 2.94. The van der Waals surface area contributed by atoms with E-state index in [9.17, 15) is 4.79 Å². The summed E-state index contributed by atoms with van der Waals surface area (Å²) < 4.78 is 0. The van der Waals surface area contributed by atoms with E-state index in [2.05, 4.69) is 32.0 Å². The zero-order chi connectivity index (χ0) is 13.3. The van der Waals surface area contributed by atoms with E-state index in [1.54, 1.807) is 4.90 Å². The molecule has 2 heteroatoms. The number of carbonyl (C=O) groups excluding carboxylic acids is 1. The number of hydrogen-bond donors (Lipinski definition) is 0. The summed E-state index contributed by atoms with van der Waals surface area (Å²) in [7, 11) is 3.69. The van der Waals surface area contributed by atoms with Crippen LogP contribution in [0.2, 0.25) is 0 Å². The number of benzene rings is 1. The molecule has 0 N–H and O–H groups in total. The summed E-state index contributed by atoms with van der Waals surface area (Å²) in [4.78, 5) is 13.7. The second kappa shape index (κ2) is 5.13. The molecule has 0 bridgehead atoms. The SMILES string of the molecule is CC(C)c1ccc2c(c1)CCC(C(=O)N(C)C)C2. The minimum absolute atomic E-state index is 0.178. The summed E-state index contributed by atoms with van der Waals surface area (Å²) in [5, 5.41) is 0. The van der Waals surface area contributed by atoms with Gasteiger partial charge in [-0.3, -0.25) is 4.79 Å². The number of hydrogen-bond acceptors (Lipinski definition) is 1. The molecule has 2 nitrogen and oxygen atoms in total. The zero-order valence-corrected chi connectivity index (χ0v) is 11.9. The van der Waals surface area contributed by atoms with Gasteiger partial charge in [-0.25, -0.2) is 0 Å². The van der Waals surface area contributed by atoms with Crippen molar-refractivity contribution >= 4 is 5.91 Å². The molecule has 0 radical (unpaired) electrons. The quantitative estimate of drug-likeness (QED) is 0.784. The van der Waals surface area contributed by atoms with Gasteiger partial charge in [0.15, 0.2) is 0 Å². The van der Waals surface area contributed by atoms with Crippen LogP contribution in [0, 0.1) is 5.92 Å². The molecule has 0 saturated heterocycles. The van der Waals surface area contributed by atoms with Crippen molar-refractivity contribution in [3.8, 4) is 0 Å². The van der Waals surface area contributed by atoms with Gasteiger partial charge in [0, 0.05) is 20.0 Å². The van der Waals surface area contributed by atoms with Gasteiger partial charge < -0.3 is 4.90 Å². The standard InChI is InChI=1S/C16H23NO/c1-11(2)12-5-6-14-10-15(16(18)17(3)4)8-7-13(14)9-12/h5-6,9,11,15H,7-8,10H2,1-4H3. The van der Waals surface area contributed by atoms with Crippen molar-refractivity contribution in [2.75, 3.05) is 14.1 Å². The molecule has 2 rings (SSSR count). The number of aryl methyl sites for hydroxylation is 1. The van der Waals surface area contributed by atoms with Crippen LogP contribution >= 0.6 is 0 Å². The van der Waals surface area contributed by atoms with Gasteiger partial charge in [-0.1, -0.05) is 32.0 Å². The fourth-order valence-electron chi connectivity index (χ4n) is 2.71. The molecule has 0 fully saturated rings. The third kappa shape index (κ3) is 2.58. The smallest absolute Gasteiger partial charge is 0.225 e. The van der Waals surface area contributed by atoms with Gasteiger partial charge in [0.05, 0.1) is 0 Å². The lowest BCUT2D eigenvalue weighted by Gasteiger charge is -2.26. The van der Waals surface area contributed by atoms with E-state index < -0.39 is 0 Å². The van der Waals surface area contributed by atoms with Crippen LogP contribution in [0.3, 0.4) is 0 Å². The molecule has 18 heavy (non-hydrogen) atoms. The second-order valence-electron chi connectivity index (χ2n) is 5.86. The number of fused-ring (bicyclic) bond motifs is 1. The lowest BCUT2D eigenvalue weighted by atomic mass is 9.81. The highest BCUT2D eigenvalue weighted by molar-refractivity contribution is 5.79. The molecule has 1 amide bonds. The third-order valence-corrected chi connectivity index (χ3v) is 3.92. The Labute approximate surface area is 110 Å². The Hall–Kier alpha value is -1.31. The molecular formula is C16H23NO. The molecule has 1 atom stereocenters. The summed E-state index contributed by atoms with van der Waals surface area (Å²) in [6, 6.07) is 6.77. The molecule has 1 unspecified atom stereocenters. The first-order valence-corrected chi connectivity index (χ1v) is 6.82. The van der Waals surface area contributed by atoms with Crippen molar-refractivity contribution in [1.29, 1.82) is 0 Å². The van der Waals surface area contributed by atoms with E-state index in [4.69, 9.17) is 0 Å². The summed E-state index contributed by atoms with van der Waals surface area (Å²) in [5.41, 5.74) is 4.22. The lowest BCUT2D eigenvalue weighted by Crippen LogP contribution is -2.33. The zero-order valence-electron chi connectivity index (χ0n) is 11.9. The Morgan fingerprint density at radius 2 is 2.00 bits per heavy atom. The lowest BCUT2D eigenvalue weighted by molar-refractivity contribution is -0.133. The monoisotopic (exact) mass is 245 g/mol. The molecule has 1 aromatic rings. The largest absolute Gasteiger partial charge is 0.349 e. The van der Waals surface area contributed by atoms with Gasteiger partial charge in [0.25, 0.3) is 0 Å². The molecule has 0 heterocycles. The van der Waals surface area contributed by atoms with E-state index in [1.807, 2.05) is 14.1 Å². The van der Waals surface area contributed by atoms with Crippen LogP contribution in [0.4, 0.5) is 0 Å². The fraction of sp³-hybridized carbons (Fsp3) is 0.562. The van der Waals surface area contributed by atoms with Gasteiger partial charge >= 0.3 is 0 Å². The van der Waals surface area contributed by atoms with Gasteiger partial charge in [-0.2, -0.15) is 0 Å². The first-order valence-electron chi connectivity index (χ1n) is 6.82. The minimum Gasteiger partial charge on any atom is -0.349 e. The van der Waals surface area contributed by atoms with Crippen LogP contribution in [-0.4, -0.2) is 24.9 Å². The molecule has 98 valence electrons.